The maximum absolute atomic E-state index is 12.6. The molecule has 0 radical (unpaired) electrons. The first-order valence-corrected chi connectivity index (χ1v) is 24.2. The van der Waals surface area contributed by atoms with Crippen LogP contribution in [0, 0.1) is 11.8 Å². The van der Waals surface area contributed by atoms with Crippen molar-refractivity contribution in [1.82, 2.24) is 10.6 Å². The van der Waals surface area contributed by atoms with E-state index in [1.807, 2.05) is 0 Å². The summed E-state index contributed by atoms with van der Waals surface area (Å²) in [6, 6.07) is 0.293. The summed E-state index contributed by atoms with van der Waals surface area (Å²) in [5.41, 5.74) is 0. The molecule has 0 rings (SSSR count). The minimum Gasteiger partial charge on any atom is -0.466 e. The standard InChI is InChI=1S/C48H94N2O5/c1-6-11-31-43(32-12-7-2)41-47(52)54-39-29-25-21-17-15-19-23-27-35-45(50-46(51)37-38-49-10-5)36-28-24-20-16-18-22-26-30-40-55-48(53)42-44(33-13-8-3)34-14-9-4/h43-45,49H,6-42H2,1-5H3,(H,50,51). The first-order valence-electron chi connectivity index (χ1n) is 24.2. The number of esters is 2. The Hall–Kier alpha value is -1.63. The number of amides is 1. The van der Waals surface area contributed by atoms with E-state index in [1.165, 1.54) is 128 Å². The predicted octanol–water partition coefficient (Wildman–Crippen LogP) is 13.4. The molecule has 326 valence electrons. The second kappa shape index (κ2) is 42.0. The van der Waals surface area contributed by atoms with Crippen molar-refractivity contribution in [3.8, 4) is 0 Å². The molecule has 0 aliphatic carbocycles. The maximum atomic E-state index is 12.6. The number of rotatable bonds is 43. The fourth-order valence-corrected chi connectivity index (χ4v) is 7.70. The average Bonchev–Trinajstić information content (AvgIpc) is 3.17. The van der Waals surface area contributed by atoms with Crippen LogP contribution in [0.1, 0.15) is 247 Å². The number of hydrogen-bond acceptors (Lipinski definition) is 6. The summed E-state index contributed by atoms with van der Waals surface area (Å²) in [6.45, 7) is 13.8. The van der Waals surface area contributed by atoms with Crippen LogP contribution in [-0.4, -0.2) is 50.2 Å². The normalized spacial score (nSPS) is 11.6. The highest BCUT2D eigenvalue weighted by Crippen LogP contribution is 2.22. The Kier molecular flexibility index (Phi) is 40.7. The lowest BCUT2D eigenvalue weighted by Crippen LogP contribution is -2.36. The Bertz CT molecular complexity index is 780. The van der Waals surface area contributed by atoms with Gasteiger partial charge in [0.2, 0.25) is 5.91 Å². The van der Waals surface area contributed by atoms with E-state index < -0.39 is 0 Å². The molecule has 7 nitrogen and oxygen atoms in total. The Balaban J connectivity index is 4.08. The van der Waals surface area contributed by atoms with Crippen molar-refractivity contribution in [2.75, 3.05) is 26.3 Å². The molecule has 0 unspecified atom stereocenters. The zero-order valence-corrected chi connectivity index (χ0v) is 37.4. The first-order chi connectivity index (χ1) is 26.9. The number of hydrogen-bond donors (Lipinski definition) is 2. The van der Waals surface area contributed by atoms with Crippen molar-refractivity contribution >= 4 is 17.8 Å². The van der Waals surface area contributed by atoms with E-state index in [2.05, 4.69) is 45.3 Å². The van der Waals surface area contributed by atoms with Crippen LogP contribution in [0.25, 0.3) is 0 Å². The Labute approximate surface area is 342 Å². The van der Waals surface area contributed by atoms with Crippen molar-refractivity contribution in [3.05, 3.63) is 0 Å². The fraction of sp³-hybridized carbons (Fsp3) is 0.938. The number of carbonyl (C=O) groups excluding carboxylic acids is 3. The largest absolute Gasteiger partial charge is 0.466 e. The van der Waals surface area contributed by atoms with Gasteiger partial charge in [-0.1, -0.05) is 176 Å². The van der Waals surface area contributed by atoms with E-state index in [4.69, 9.17) is 9.47 Å². The molecule has 0 atom stereocenters. The van der Waals surface area contributed by atoms with Gasteiger partial charge in [0.25, 0.3) is 0 Å². The third-order valence-electron chi connectivity index (χ3n) is 11.3. The molecule has 1 amide bonds. The van der Waals surface area contributed by atoms with Crippen molar-refractivity contribution in [2.24, 2.45) is 11.8 Å². The average molecular weight is 779 g/mol. The fourth-order valence-electron chi connectivity index (χ4n) is 7.70. The lowest BCUT2D eigenvalue weighted by Gasteiger charge is -2.19. The Morgan fingerprint density at radius 2 is 0.782 bits per heavy atom. The highest BCUT2D eigenvalue weighted by molar-refractivity contribution is 5.76. The molecule has 0 fully saturated rings. The first kappa shape index (κ1) is 53.4. The third-order valence-corrected chi connectivity index (χ3v) is 11.3. The Morgan fingerprint density at radius 3 is 1.13 bits per heavy atom. The van der Waals surface area contributed by atoms with E-state index in [-0.39, 0.29) is 17.8 Å². The van der Waals surface area contributed by atoms with Gasteiger partial charge in [-0.05, 0) is 69.7 Å². The van der Waals surface area contributed by atoms with Gasteiger partial charge in [0.15, 0.2) is 0 Å². The molecule has 0 spiro atoms. The van der Waals surface area contributed by atoms with Crippen molar-refractivity contribution in [1.29, 1.82) is 0 Å². The summed E-state index contributed by atoms with van der Waals surface area (Å²) in [5.74, 6) is 1.19. The van der Waals surface area contributed by atoms with Gasteiger partial charge in [-0.25, -0.2) is 0 Å². The van der Waals surface area contributed by atoms with E-state index in [0.717, 1.165) is 77.3 Å². The second-order valence-corrected chi connectivity index (χ2v) is 16.8. The van der Waals surface area contributed by atoms with Gasteiger partial charge in [0.1, 0.15) is 0 Å². The zero-order valence-electron chi connectivity index (χ0n) is 37.4. The summed E-state index contributed by atoms with van der Waals surface area (Å²) >= 11 is 0. The van der Waals surface area contributed by atoms with Gasteiger partial charge in [0, 0.05) is 31.8 Å². The molecule has 55 heavy (non-hydrogen) atoms. The van der Waals surface area contributed by atoms with Crippen LogP contribution in [-0.2, 0) is 23.9 Å². The van der Waals surface area contributed by atoms with Gasteiger partial charge in [0.05, 0.1) is 13.2 Å². The molecule has 0 aromatic heterocycles. The van der Waals surface area contributed by atoms with Crippen molar-refractivity contribution < 1.29 is 23.9 Å². The van der Waals surface area contributed by atoms with Gasteiger partial charge < -0.3 is 20.1 Å². The lowest BCUT2D eigenvalue weighted by atomic mass is 9.93. The van der Waals surface area contributed by atoms with Gasteiger partial charge in [-0.3, -0.25) is 14.4 Å². The summed E-state index contributed by atoms with van der Waals surface area (Å²) in [6.07, 6.45) is 37.2. The molecule has 0 bridgehead atoms. The summed E-state index contributed by atoms with van der Waals surface area (Å²) in [7, 11) is 0. The lowest BCUT2D eigenvalue weighted by molar-refractivity contribution is -0.146. The third kappa shape index (κ3) is 37.7. The van der Waals surface area contributed by atoms with Crippen LogP contribution in [0.2, 0.25) is 0 Å². The smallest absolute Gasteiger partial charge is 0.306 e. The highest BCUT2D eigenvalue weighted by Gasteiger charge is 2.16. The molecule has 0 aliphatic rings. The van der Waals surface area contributed by atoms with E-state index in [1.54, 1.807) is 0 Å². The second-order valence-electron chi connectivity index (χ2n) is 16.8. The summed E-state index contributed by atoms with van der Waals surface area (Å²) in [4.78, 5) is 37.3. The van der Waals surface area contributed by atoms with Crippen LogP contribution >= 0.6 is 0 Å². The van der Waals surface area contributed by atoms with Gasteiger partial charge in [-0.15, -0.1) is 0 Å². The predicted molar refractivity (Wildman–Crippen MR) is 234 cm³/mol. The van der Waals surface area contributed by atoms with Crippen LogP contribution in [0.15, 0.2) is 0 Å². The van der Waals surface area contributed by atoms with Crippen LogP contribution in [0.5, 0.6) is 0 Å². The SMILES string of the molecule is CCCCC(CCCC)CC(=O)OCCCCCCCCCCC(CCCCCCCCCCOC(=O)CC(CCCC)CCCC)NC(=O)CCNCC. The molecule has 0 aromatic carbocycles. The Morgan fingerprint density at radius 1 is 0.436 bits per heavy atom. The molecule has 0 aromatic rings. The van der Waals surface area contributed by atoms with Crippen LogP contribution in [0.3, 0.4) is 0 Å². The number of ether oxygens (including phenoxy) is 2. The monoisotopic (exact) mass is 779 g/mol. The van der Waals surface area contributed by atoms with Crippen LogP contribution in [0.4, 0.5) is 0 Å². The highest BCUT2D eigenvalue weighted by atomic mass is 16.5. The molecule has 2 N–H and O–H groups in total. The summed E-state index contributed by atoms with van der Waals surface area (Å²) < 4.78 is 11.2. The van der Waals surface area contributed by atoms with E-state index >= 15 is 0 Å². The minimum absolute atomic E-state index is 0.00657. The molecule has 0 saturated carbocycles. The zero-order chi connectivity index (χ0) is 40.5. The maximum Gasteiger partial charge on any atom is 0.306 e. The number of carbonyl (C=O) groups is 3. The van der Waals surface area contributed by atoms with E-state index in [0.29, 0.717) is 50.4 Å². The molecular formula is C48H94N2O5. The summed E-state index contributed by atoms with van der Waals surface area (Å²) in [5, 5.41) is 6.63. The van der Waals surface area contributed by atoms with Crippen LogP contribution < -0.4 is 10.6 Å². The molecule has 0 heterocycles. The molecule has 0 aliphatic heterocycles. The van der Waals surface area contributed by atoms with Crippen molar-refractivity contribution in [3.63, 3.8) is 0 Å². The molecular weight excluding hydrogens is 685 g/mol. The minimum atomic E-state index is 0.00657. The van der Waals surface area contributed by atoms with Gasteiger partial charge in [-0.2, -0.15) is 0 Å². The number of unbranched alkanes of at least 4 members (excludes halogenated alkanes) is 18. The van der Waals surface area contributed by atoms with Crippen molar-refractivity contribution in [2.45, 2.75) is 253 Å². The molecule has 7 heteroatoms. The number of nitrogens with one attached hydrogen (secondary N) is 2. The topological polar surface area (TPSA) is 93.7 Å². The van der Waals surface area contributed by atoms with Gasteiger partial charge >= 0.3 is 11.9 Å². The quantitative estimate of drug-likeness (QED) is 0.0473. The van der Waals surface area contributed by atoms with E-state index in [9.17, 15) is 14.4 Å². The molecule has 0 saturated heterocycles.